The van der Waals surface area contributed by atoms with Crippen molar-refractivity contribution in [3.63, 3.8) is 0 Å². The third-order valence-electron chi connectivity index (χ3n) is 1.21. The molecule has 0 heterocycles. The van der Waals surface area contributed by atoms with Crippen molar-refractivity contribution in [2.45, 2.75) is 20.8 Å². The van der Waals surface area contributed by atoms with Crippen LogP contribution in [-0.4, -0.2) is 11.6 Å². The topological polar surface area (TPSA) is 34.1 Å². The van der Waals surface area contributed by atoms with Crippen LogP contribution in [0.1, 0.15) is 20.8 Å². The van der Waals surface area contributed by atoms with Crippen LogP contribution >= 0.6 is 0 Å². The minimum absolute atomic E-state index is 0.185. The van der Waals surface area contributed by atoms with Crippen LogP contribution in [0.15, 0.2) is 23.8 Å². The maximum atomic E-state index is 10.8. The molecule has 0 aliphatic heterocycles. The summed E-state index contributed by atoms with van der Waals surface area (Å²) < 4.78 is 0. The first-order chi connectivity index (χ1) is 5.09. The fraction of sp³-hybridized carbons (Fsp3) is 0.333. The lowest BCUT2D eigenvalue weighted by Gasteiger charge is -1.93. The van der Waals surface area contributed by atoms with Crippen LogP contribution in [0.2, 0.25) is 0 Å². The molecular formula is C9H12O2. The first-order valence-corrected chi connectivity index (χ1v) is 3.44. The smallest absolute Gasteiger partial charge is 0.163 e. The standard InChI is InChI=1S/C9H12O2/c1-4-5-6-9(7(2)10)8(3)11/h4-6H,1-3H3/b5-4-. The van der Waals surface area contributed by atoms with Crippen LogP contribution in [0.25, 0.3) is 0 Å². The lowest BCUT2D eigenvalue weighted by molar-refractivity contribution is -0.119. The van der Waals surface area contributed by atoms with Crippen LogP contribution in [0.4, 0.5) is 0 Å². The summed E-state index contributed by atoms with van der Waals surface area (Å²) in [4.78, 5) is 21.5. The monoisotopic (exact) mass is 152 g/mol. The maximum Gasteiger partial charge on any atom is 0.163 e. The van der Waals surface area contributed by atoms with Crippen molar-refractivity contribution >= 4 is 11.6 Å². The zero-order valence-electron chi connectivity index (χ0n) is 7.05. The number of Topliss-reactive ketones (excluding diaryl/α,β-unsaturated/α-hetero) is 2. The van der Waals surface area contributed by atoms with E-state index in [2.05, 4.69) is 0 Å². The van der Waals surface area contributed by atoms with Gasteiger partial charge in [-0.05, 0) is 26.8 Å². The van der Waals surface area contributed by atoms with Crippen molar-refractivity contribution < 1.29 is 9.59 Å². The summed E-state index contributed by atoms with van der Waals surface area (Å²) in [6.07, 6.45) is 4.98. The van der Waals surface area contributed by atoms with Gasteiger partial charge in [-0.15, -0.1) is 0 Å². The van der Waals surface area contributed by atoms with Crippen molar-refractivity contribution in [3.8, 4) is 0 Å². The van der Waals surface area contributed by atoms with Crippen molar-refractivity contribution in [2.75, 3.05) is 0 Å². The van der Waals surface area contributed by atoms with E-state index in [4.69, 9.17) is 0 Å². The predicted molar refractivity (Wildman–Crippen MR) is 44.3 cm³/mol. The molecule has 0 amide bonds. The lowest BCUT2D eigenvalue weighted by atomic mass is 10.1. The molecule has 0 bridgehead atoms. The predicted octanol–water partition coefficient (Wildman–Crippen LogP) is 1.67. The largest absolute Gasteiger partial charge is 0.294 e. The van der Waals surface area contributed by atoms with Gasteiger partial charge in [0, 0.05) is 0 Å². The molecule has 0 saturated carbocycles. The van der Waals surface area contributed by atoms with Gasteiger partial charge < -0.3 is 0 Å². The van der Waals surface area contributed by atoms with Gasteiger partial charge in [0.1, 0.15) is 0 Å². The Morgan fingerprint density at radius 2 is 1.55 bits per heavy atom. The molecule has 0 unspecified atom stereocenters. The van der Waals surface area contributed by atoms with E-state index in [-0.39, 0.29) is 17.1 Å². The molecule has 2 nitrogen and oxygen atoms in total. The molecule has 0 aromatic carbocycles. The molecule has 0 atom stereocenters. The Morgan fingerprint density at radius 3 is 1.82 bits per heavy atom. The van der Waals surface area contributed by atoms with E-state index < -0.39 is 0 Å². The fourth-order valence-corrected chi connectivity index (χ4v) is 0.675. The first-order valence-electron chi connectivity index (χ1n) is 3.44. The van der Waals surface area contributed by atoms with E-state index in [1.165, 1.54) is 19.9 Å². The summed E-state index contributed by atoms with van der Waals surface area (Å²) in [5.74, 6) is -0.369. The quantitative estimate of drug-likeness (QED) is 0.267. The van der Waals surface area contributed by atoms with E-state index in [1.54, 1.807) is 12.2 Å². The van der Waals surface area contributed by atoms with Gasteiger partial charge in [-0.2, -0.15) is 0 Å². The van der Waals surface area contributed by atoms with Gasteiger partial charge in [0.05, 0.1) is 5.57 Å². The third kappa shape index (κ3) is 3.50. The third-order valence-corrected chi connectivity index (χ3v) is 1.21. The minimum atomic E-state index is -0.185. The number of hydrogen-bond donors (Lipinski definition) is 0. The van der Waals surface area contributed by atoms with Crippen LogP contribution in [-0.2, 0) is 9.59 Å². The van der Waals surface area contributed by atoms with Gasteiger partial charge in [0.25, 0.3) is 0 Å². The SMILES string of the molecule is C/C=C\C=C(C(C)=O)C(C)=O. The van der Waals surface area contributed by atoms with Gasteiger partial charge >= 0.3 is 0 Å². The average Bonchev–Trinajstić information content (AvgIpc) is 1.87. The molecule has 0 saturated heterocycles. The van der Waals surface area contributed by atoms with Crippen molar-refractivity contribution in [3.05, 3.63) is 23.8 Å². The molecule has 0 N–H and O–H groups in total. The van der Waals surface area contributed by atoms with E-state index in [0.29, 0.717) is 0 Å². The molecule has 0 spiro atoms. The number of rotatable bonds is 3. The normalized spacial score (nSPS) is 9.73. The minimum Gasteiger partial charge on any atom is -0.294 e. The second-order valence-corrected chi connectivity index (χ2v) is 2.22. The zero-order valence-corrected chi connectivity index (χ0v) is 7.05. The Labute approximate surface area is 66.6 Å². The highest BCUT2D eigenvalue weighted by molar-refractivity contribution is 6.18. The summed E-state index contributed by atoms with van der Waals surface area (Å²) >= 11 is 0. The van der Waals surface area contributed by atoms with Crippen LogP contribution in [0, 0.1) is 0 Å². The number of allylic oxidation sites excluding steroid dienone is 4. The second-order valence-electron chi connectivity index (χ2n) is 2.22. The molecule has 11 heavy (non-hydrogen) atoms. The molecular weight excluding hydrogens is 140 g/mol. The van der Waals surface area contributed by atoms with E-state index in [1.807, 2.05) is 6.92 Å². The molecule has 0 radical (unpaired) electrons. The van der Waals surface area contributed by atoms with Gasteiger partial charge in [-0.1, -0.05) is 12.2 Å². The van der Waals surface area contributed by atoms with Crippen molar-refractivity contribution in [1.82, 2.24) is 0 Å². The Morgan fingerprint density at radius 1 is 1.09 bits per heavy atom. The summed E-state index contributed by atoms with van der Waals surface area (Å²) in [5.41, 5.74) is 0.253. The molecule has 0 aliphatic rings. The zero-order chi connectivity index (χ0) is 8.85. The maximum absolute atomic E-state index is 10.8. The summed E-state index contributed by atoms with van der Waals surface area (Å²) in [5, 5.41) is 0. The Hall–Kier alpha value is -1.18. The van der Waals surface area contributed by atoms with Crippen LogP contribution in [0.3, 0.4) is 0 Å². The van der Waals surface area contributed by atoms with Crippen LogP contribution < -0.4 is 0 Å². The molecule has 60 valence electrons. The molecule has 0 aliphatic carbocycles. The number of carbonyl (C=O) groups is 2. The Kier molecular flexibility index (Phi) is 4.11. The summed E-state index contributed by atoms with van der Waals surface area (Å²) in [7, 11) is 0. The van der Waals surface area contributed by atoms with E-state index >= 15 is 0 Å². The molecule has 0 aromatic heterocycles. The van der Waals surface area contributed by atoms with Crippen LogP contribution in [0.5, 0.6) is 0 Å². The highest BCUT2D eigenvalue weighted by atomic mass is 16.1. The van der Waals surface area contributed by atoms with Gasteiger partial charge in [-0.3, -0.25) is 9.59 Å². The average molecular weight is 152 g/mol. The van der Waals surface area contributed by atoms with E-state index in [9.17, 15) is 9.59 Å². The number of hydrogen-bond acceptors (Lipinski definition) is 2. The number of ketones is 2. The first kappa shape index (κ1) is 9.82. The van der Waals surface area contributed by atoms with Gasteiger partial charge in [-0.25, -0.2) is 0 Å². The summed E-state index contributed by atoms with van der Waals surface area (Å²) in [6, 6.07) is 0. The van der Waals surface area contributed by atoms with Crippen molar-refractivity contribution in [2.24, 2.45) is 0 Å². The lowest BCUT2D eigenvalue weighted by Crippen LogP contribution is -2.05. The highest BCUT2D eigenvalue weighted by Crippen LogP contribution is 1.98. The van der Waals surface area contributed by atoms with E-state index in [0.717, 1.165) is 0 Å². The molecule has 0 rings (SSSR count). The second kappa shape index (κ2) is 4.61. The van der Waals surface area contributed by atoms with Crippen molar-refractivity contribution in [1.29, 1.82) is 0 Å². The number of carbonyl (C=O) groups excluding carboxylic acids is 2. The van der Waals surface area contributed by atoms with Gasteiger partial charge in [0.2, 0.25) is 0 Å². The Balaban J connectivity index is 4.60. The van der Waals surface area contributed by atoms with Gasteiger partial charge in [0.15, 0.2) is 11.6 Å². The summed E-state index contributed by atoms with van der Waals surface area (Å²) in [6.45, 7) is 4.60. The molecule has 0 aromatic rings. The highest BCUT2D eigenvalue weighted by Gasteiger charge is 2.06. The molecule has 0 fully saturated rings. The molecule has 2 heteroatoms. The Bertz CT molecular complexity index is 206. The fourth-order valence-electron chi connectivity index (χ4n) is 0.675.